The molecule has 1 aromatic carbocycles. The van der Waals surface area contributed by atoms with Crippen LogP contribution in [0.2, 0.25) is 0 Å². The highest BCUT2D eigenvalue weighted by Gasteiger charge is 2.23. The Morgan fingerprint density at radius 1 is 1.12 bits per heavy atom. The zero-order chi connectivity index (χ0) is 17.8. The normalized spacial score (nSPS) is 16.1. The van der Waals surface area contributed by atoms with E-state index in [-0.39, 0.29) is 17.9 Å². The van der Waals surface area contributed by atoms with Crippen molar-refractivity contribution in [3.8, 4) is 0 Å². The summed E-state index contributed by atoms with van der Waals surface area (Å²) in [6.45, 7) is 6.35. The first-order valence-corrected chi connectivity index (χ1v) is 9.06. The number of amides is 1. The lowest BCUT2D eigenvalue weighted by Gasteiger charge is -2.29. The molecule has 0 saturated carbocycles. The Morgan fingerprint density at radius 2 is 1.80 bits per heavy atom. The number of carbonyl (C=O) groups excluding carboxylic acids is 1. The molecule has 1 fully saturated rings. The van der Waals surface area contributed by atoms with Gasteiger partial charge in [-0.1, -0.05) is 13.8 Å². The van der Waals surface area contributed by atoms with E-state index >= 15 is 0 Å². The molecule has 25 heavy (non-hydrogen) atoms. The Bertz CT molecular complexity index is 701. The van der Waals surface area contributed by atoms with Crippen molar-refractivity contribution in [3.63, 3.8) is 0 Å². The van der Waals surface area contributed by atoms with E-state index in [0.717, 1.165) is 18.9 Å². The van der Waals surface area contributed by atoms with Crippen LogP contribution in [-0.4, -0.2) is 33.8 Å². The molecular formula is C19H27N5O. The van der Waals surface area contributed by atoms with Crippen LogP contribution in [0.3, 0.4) is 0 Å². The van der Waals surface area contributed by atoms with Crippen molar-refractivity contribution >= 4 is 11.6 Å². The molecule has 1 aliphatic rings. The minimum absolute atomic E-state index is 0.0769. The molecule has 2 aromatic rings. The number of aromatic nitrogens is 3. The molecule has 1 atom stereocenters. The fourth-order valence-electron chi connectivity index (χ4n) is 3.32. The van der Waals surface area contributed by atoms with E-state index in [2.05, 4.69) is 34.1 Å². The summed E-state index contributed by atoms with van der Waals surface area (Å²) in [5.41, 5.74) is 1.87. The van der Waals surface area contributed by atoms with Gasteiger partial charge in [-0.15, -0.1) is 0 Å². The Morgan fingerprint density at radius 3 is 2.36 bits per heavy atom. The van der Waals surface area contributed by atoms with Crippen LogP contribution in [0.15, 0.2) is 30.6 Å². The molecule has 1 saturated heterocycles. The topological polar surface area (TPSA) is 63.1 Å². The highest BCUT2D eigenvalue weighted by molar-refractivity contribution is 5.94. The van der Waals surface area contributed by atoms with Gasteiger partial charge in [0, 0.05) is 31.4 Å². The number of anilines is 1. The maximum atomic E-state index is 12.7. The van der Waals surface area contributed by atoms with Crippen LogP contribution in [0.4, 0.5) is 5.69 Å². The quantitative estimate of drug-likeness (QED) is 0.908. The van der Waals surface area contributed by atoms with Gasteiger partial charge in [-0.05, 0) is 49.4 Å². The third-order valence-corrected chi connectivity index (χ3v) is 4.83. The minimum Gasteiger partial charge on any atom is -0.372 e. The largest absolute Gasteiger partial charge is 0.372 e. The van der Waals surface area contributed by atoms with Gasteiger partial charge in [0.2, 0.25) is 0 Å². The molecule has 1 aromatic heterocycles. The third-order valence-electron chi connectivity index (χ3n) is 4.83. The number of nitrogens with one attached hydrogen (secondary N) is 1. The third kappa shape index (κ3) is 4.00. The summed E-state index contributed by atoms with van der Waals surface area (Å²) in [6.07, 6.45) is 5.33. The van der Waals surface area contributed by atoms with E-state index in [0.29, 0.717) is 5.56 Å². The first kappa shape index (κ1) is 17.5. The molecule has 6 heteroatoms. The standard InChI is InChI=1S/C19H27N5O/c1-14(2)17(18-20-13-21-23(18)3)22-19(25)15-7-9-16(10-8-15)24-11-5-4-6-12-24/h7-10,13-14,17H,4-6,11-12H2,1-3H3,(H,22,25)/t17-/m0/s1. The highest BCUT2D eigenvalue weighted by Crippen LogP contribution is 2.22. The van der Waals surface area contributed by atoms with Crippen molar-refractivity contribution in [1.82, 2.24) is 20.1 Å². The number of carbonyl (C=O) groups is 1. The first-order chi connectivity index (χ1) is 12.1. The van der Waals surface area contributed by atoms with Crippen LogP contribution in [0.5, 0.6) is 0 Å². The lowest BCUT2D eigenvalue weighted by Crippen LogP contribution is -2.33. The van der Waals surface area contributed by atoms with Gasteiger partial charge >= 0.3 is 0 Å². The molecule has 0 radical (unpaired) electrons. The van der Waals surface area contributed by atoms with Crippen LogP contribution >= 0.6 is 0 Å². The number of aryl methyl sites for hydroxylation is 1. The Labute approximate surface area is 149 Å². The molecule has 2 heterocycles. The molecule has 0 spiro atoms. The van der Waals surface area contributed by atoms with Gasteiger partial charge in [0.25, 0.3) is 5.91 Å². The Balaban J connectivity index is 1.70. The summed E-state index contributed by atoms with van der Waals surface area (Å²) in [5.74, 6) is 0.916. The van der Waals surface area contributed by atoms with Crippen molar-refractivity contribution in [2.45, 2.75) is 39.2 Å². The predicted molar refractivity (Wildman–Crippen MR) is 98.6 cm³/mol. The van der Waals surface area contributed by atoms with Gasteiger partial charge in [-0.2, -0.15) is 5.10 Å². The monoisotopic (exact) mass is 341 g/mol. The fraction of sp³-hybridized carbons (Fsp3) is 0.526. The van der Waals surface area contributed by atoms with Crippen LogP contribution < -0.4 is 10.2 Å². The molecule has 1 amide bonds. The molecular weight excluding hydrogens is 314 g/mol. The van der Waals surface area contributed by atoms with Gasteiger partial charge in [0.15, 0.2) is 0 Å². The van der Waals surface area contributed by atoms with E-state index in [1.165, 1.54) is 31.3 Å². The average Bonchev–Trinajstić information content (AvgIpc) is 3.05. The summed E-state index contributed by atoms with van der Waals surface area (Å²) in [6, 6.07) is 7.75. The number of piperidine rings is 1. The second-order valence-electron chi connectivity index (χ2n) is 7.03. The van der Waals surface area contributed by atoms with Crippen LogP contribution in [0.1, 0.15) is 55.3 Å². The molecule has 134 valence electrons. The maximum absolute atomic E-state index is 12.7. The Hall–Kier alpha value is -2.37. The minimum atomic E-state index is -0.165. The first-order valence-electron chi connectivity index (χ1n) is 9.06. The smallest absolute Gasteiger partial charge is 0.251 e. The highest BCUT2D eigenvalue weighted by atomic mass is 16.1. The van der Waals surface area contributed by atoms with Gasteiger partial charge < -0.3 is 10.2 Å². The molecule has 0 unspecified atom stereocenters. The number of hydrogen-bond acceptors (Lipinski definition) is 4. The van der Waals surface area contributed by atoms with E-state index in [1.807, 2.05) is 31.3 Å². The van der Waals surface area contributed by atoms with E-state index in [4.69, 9.17) is 0 Å². The fourth-order valence-corrected chi connectivity index (χ4v) is 3.32. The van der Waals surface area contributed by atoms with Crippen LogP contribution in [0, 0.1) is 5.92 Å². The molecule has 1 aliphatic heterocycles. The zero-order valence-corrected chi connectivity index (χ0v) is 15.3. The number of hydrogen-bond donors (Lipinski definition) is 1. The second kappa shape index (κ2) is 7.68. The summed E-state index contributed by atoms with van der Waals surface area (Å²) in [7, 11) is 1.84. The zero-order valence-electron chi connectivity index (χ0n) is 15.3. The van der Waals surface area contributed by atoms with E-state index in [1.54, 1.807) is 4.68 Å². The van der Waals surface area contributed by atoms with Gasteiger partial charge in [-0.3, -0.25) is 9.48 Å². The molecule has 3 rings (SSSR count). The second-order valence-corrected chi connectivity index (χ2v) is 7.03. The van der Waals surface area contributed by atoms with Gasteiger partial charge in [-0.25, -0.2) is 4.98 Å². The number of nitrogens with zero attached hydrogens (tertiary/aromatic N) is 4. The van der Waals surface area contributed by atoms with Gasteiger partial charge in [0.1, 0.15) is 12.2 Å². The summed E-state index contributed by atoms with van der Waals surface area (Å²) < 4.78 is 1.71. The van der Waals surface area contributed by atoms with Crippen molar-refractivity contribution < 1.29 is 4.79 Å². The summed E-state index contributed by atoms with van der Waals surface area (Å²) in [4.78, 5) is 19.4. The van der Waals surface area contributed by atoms with E-state index in [9.17, 15) is 4.79 Å². The molecule has 1 N–H and O–H groups in total. The summed E-state index contributed by atoms with van der Waals surface area (Å²) >= 11 is 0. The van der Waals surface area contributed by atoms with Crippen molar-refractivity contribution in [3.05, 3.63) is 42.0 Å². The average molecular weight is 341 g/mol. The van der Waals surface area contributed by atoms with Crippen molar-refractivity contribution in [2.75, 3.05) is 18.0 Å². The number of rotatable bonds is 5. The maximum Gasteiger partial charge on any atom is 0.251 e. The lowest BCUT2D eigenvalue weighted by atomic mass is 10.0. The van der Waals surface area contributed by atoms with Crippen molar-refractivity contribution in [2.24, 2.45) is 13.0 Å². The number of benzene rings is 1. The predicted octanol–water partition coefficient (Wildman–Crippen LogP) is 2.93. The van der Waals surface area contributed by atoms with E-state index < -0.39 is 0 Å². The SMILES string of the molecule is CC(C)[C@H](NC(=O)c1ccc(N2CCCCC2)cc1)c1ncnn1C. The lowest BCUT2D eigenvalue weighted by molar-refractivity contribution is 0.0922. The summed E-state index contributed by atoms with van der Waals surface area (Å²) in [5, 5.41) is 7.21. The molecule has 6 nitrogen and oxygen atoms in total. The molecule has 0 aliphatic carbocycles. The van der Waals surface area contributed by atoms with Crippen LogP contribution in [-0.2, 0) is 7.05 Å². The van der Waals surface area contributed by atoms with Crippen LogP contribution in [0.25, 0.3) is 0 Å². The molecule has 0 bridgehead atoms. The van der Waals surface area contributed by atoms with Gasteiger partial charge in [0.05, 0.1) is 6.04 Å². The Kier molecular flexibility index (Phi) is 5.36. The van der Waals surface area contributed by atoms with Crippen molar-refractivity contribution in [1.29, 1.82) is 0 Å².